The van der Waals surface area contributed by atoms with Gasteiger partial charge in [-0.1, -0.05) is 12.1 Å². The second-order valence-corrected chi connectivity index (χ2v) is 11.0. The van der Waals surface area contributed by atoms with Gasteiger partial charge in [-0.2, -0.15) is 5.21 Å². The SMILES string of the molecule is [C-]#[N+]C1(c2ccc(-c3ccc(S(=O)(=O)CCN)c(S(N)(=O)=O)c3-c3nn[nH]n3)cn2)CNC1. The van der Waals surface area contributed by atoms with E-state index in [0.717, 1.165) is 6.07 Å². The third-order valence-electron chi connectivity index (χ3n) is 5.30. The van der Waals surface area contributed by atoms with Crippen LogP contribution in [0.25, 0.3) is 27.4 Å². The number of sulfone groups is 1. The Balaban J connectivity index is 1.98. The zero-order valence-corrected chi connectivity index (χ0v) is 18.7. The lowest BCUT2D eigenvalue weighted by atomic mass is 9.88. The molecule has 0 saturated carbocycles. The number of pyridine rings is 1. The summed E-state index contributed by atoms with van der Waals surface area (Å²) < 4.78 is 50.8. The molecule has 0 amide bonds. The topological polar surface area (TPSA) is 204 Å². The lowest BCUT2D eigenvalue weighted by Gasteiger charge is -2.30. The van der Waals surface area contributed by atoms with E-state index in [1.165, 1.54) is 12.3 Å². The molecule has 3 aromatic rings. The molecule has 1 aliphatic rings. The normalized spacial score (nSPS) is 15.5. The molecule has 6 N–H and O–H groups in total. The van der Waals surface area contributed by atoms with Crippen LogP contribution in [0.4, 0.5) is 0 Å². The molecule has 2 aromatic heterocycles. The molecule has 0 bridgehead atoms. The van der Waals surface area contributed by atoms with Crippen molar-refractivity contribution in [1.82, 2.24) is 30.9 Å². The first-order chi connectivity index (χ1) is 15.6. The van der Waals surface area contributed by atoms with E-state index in [1.54, 1.807) is 12.1 Å². The van der Waals surface area contributed by atoms with Crippen LogP contribution in [0.3, 0.4) is 0 Å². The first kappa shape index (κ1) is 22.9. The van der Waals surface area contributed by atoms with Gasteiger partial charge in [0.05, 0.1) is 29.3 Å². The Morgan fingerprint density at radius 2 is 1.91 bits per heavy atom. The van der Waals surface area contributed by atoms with Gasteiger partial charge >= 0.3 is 0 Å². The molecule has 15 heteroatoms. The average molecular weight is 490 g/mol. The van der Waals surface area contributed by atoms with E-state index in [2.05, 4.69) is 35.8 Å². The first-order valence-corrected chi connectivity index (χ1v) is 12.8. The molecule has 13 nitrogen and oxygen atoms in total. The molecule has 172 valence electrons. The molecule has 3 heterocycles. The second kappa shape index (κ2) is 8.24. The highest BCUT2D eigenvalue weighted by atomic mass is 32.2. The lowest BCUT2D eigenvalue weighted by molar-refractivity contribution is 0.335. The summed E-state index contributed by atoms with van der Waals surface area (Å²) in [5.41, 5.74) is 5.81. The van der Waals surface area contributed by atoms with E-state index in [9.17, 15) is 16.8 Å². The molecular weight excluding hydrogens is 470 g/mol. The van der Waals surface area contributed by atoms with E-state index < -0.39 is 40.9 Å². The average Bonchev–Trinajstić information content (AvgIpc) is 3.27. The number of hydrogen-bond donors (Lipinski definition) is 4. The van der Waals surface area contributed by atoms with Crippen LogP contribution in [0.5, 0.6) is 0 Å². The Morgan fingerprint density at radius 3 is 2.39 bits per heavy atom. The van der Waals surface area contributed by atoms with Gasteiger partial charge in [0, 0.05) is 18.3 Å². The van der Waals surface area contributed by atoms with Crippen LogP contribution < -0.4 is 16.2 Å². The minimum Gasteiger partial charge on any atom is -0.329 e. The molecular formula is C18H19N9O4S2. The van der Waals surface area contributed by atoms with Gasteiger partial charge in [-0.3, -0.25) is 4.98 Å². The monoisotopic (exact) mass is 489 g/mol. The van der Waals surface area contributed by atoms with Gasteiger partial charge in [-0.25, -0.2) is 28.5 Å². The minimum atomic E-state index is -4.56. The van der Waals surface area contributed by atoms with Crippen LogP contribution in [0.2, 0.25) is 0 Å². The van der Waals surface area contributed by atoms with Crippen molar-refractivity contribution in [3.63, 3.8) is 0 Å². The zero-order valence-electron chi connectivity index (χ0n) is 17.1. The number of aromatic nitrogens is 5. The van der Waals surface area contributed by atoms with Crippen LogP contribution in [-0.2, 0) is 25.4 Å². The largest absolute Gasteiger partial charge is 0.329 e. The number of nitrogens with zero attached hydrogens (tertiary/aromatic N) is 5. The maximum Gasteiger partial charge on any atom is 0.298 e. The summed E-state index contributed by atoms with van der Waals surface area (Å²) >= 11 is 0. The summed E-state index contributed by atoms with van der Waals surface area (Å²) in [6.07, 6.45) is 1.47. The molecule has 4 rings (SSSR count). The number of primary sulfonamides is 1. The van der Waals surface area contributed by atoms with Gasteiger partial charge in [-0.15, -0.1) is 10.2 Å². The number of nitrogens with one attached hydrogen (secondary N) is 2. The summed E-state index contributed by atoms with van der Waals surface area (Å²) in [6, 6.07) is 5.92. The molecule has 1 fully saturated rings. The Morgan fingerprint density at radius 1 is 1.15 bits per heavy atom. The number of aromatic amines is 1. The maximum atomic E-state index is 12.8. The van der Waals surface area contributed by atoms with Crippen molar-refractivity contribution in [3.8, 4) is 22.5 Å². The summed E-state index contributed by atoms with van der Waals surface area (Å²) in [4.78, 5) is 6.92. The van der Waals surface area contributed by atoms with Gasteiger partial charge in [0.1, 0.15) is 10.6 Å². The van der Waals surface area contributed by atoms with Crippen molar-refractivity contribution in [2.75, 3.05) is 25.4 Å². The number of sulfonamides is 1. The number of H-pyrrole nitrogens is 1. The van der Waals surface area contributed by atoms with Crippen molar-refractivity contribution in [2.24, 2.45) is 10.9 Å². The number of rotatable bonds is 7. The van der Waals surface area contributed by atoms with Crippen molar-refractivity contribution >= 4 is 19.9 Å². The van der Waals surface area contributed by atoms with Crippen LogP contribution in [0.1, 0.15) is 5.69 Å². The molecule has 1 saturated heterocycles. The van der Waals surface area contributed by atoms with Crippen LogP contribution in [-0.4, -0.2) is 67.8 Å². The fourth-order valence-corrected chi connectivity index (χ4v) is 6.35. The van der Waals surface area contributed by atoms with Gasteiger partial charge in [0.25, 0.3) is 5.54 Å². The van der Waals surface area contributed by atoms with Crippen molar-refractivity contribution in [3.05, 3.63) is 47.6 Å². The molecule has 0 unspecified atom stereocenters. The molecule has 1 aromatic carbocycles. The standard InChI is InChI=1S/C18H19N9O4S2/c1-21-18(9-22-10-18)14-5-2-11(8-23-14)12-3-4-13(32(28,29)7-6-19)16(33(20,30)31)15(12)17-24-26-27-25-17/h2-5,8,22H,6-7,9-10,19H2,(H2,20,30,31)(H,24,25,26,27). The van der Waals surface area contributed by atoms with Crippen molar-refractivity contribution < 1.29 is 16.8 Å². The van der Waals surface area contributed by atoms with E-state index >= 15 is 0 Å². The summed E-state index contributed by atoms with van der Waals surface area (Å²) in [5.74, 6) is -0.646. The summed E-state index contributed by atoms with van der Waals surface area (Å²) in [7, 11) is -8.65. The molecule has 0 radical (unpaired) electrons. The summed E-state index contributed by atoms with van der Waals surface area (Å²) in [6.45, 7) is 8.21. The van der Waals surface area contributed by atoms with Gasteiger partial charge in [0.2, 0.25) is 15.8 Å². The van der Waals surface area contributed by atoms with Crippen LogP contribution >= 0.6 is 0 Å². The van der Waals surface area contributed by atoms with Gasteiger partial charge in [0.15, 0.2) is 9.84 Å². The van der Waals surface area contributed by atoms with Gasteiger partial charge in [-0.05, 0) is 22.9 Å². The highest BCUT2D eigenvalue weighted by molar-refractivity contribution is 7.93. The van der Waals surface area contributed by atoms with Crippen LogP contribution in [0, 0.1) is 6.57 Å². The third-order valence-corrected chi connectivity index (χ3v) is 8.20. The predicted octanol–water partition coefficient (Wildman–Crippen LogP) is -0.974. The smallest absolute Gasteiger partial charge is 0.298 e. The first-order valence-electron chi connectivity index (χ1n) is 9.56. The summed E-state index contributed by atoms with van der Waals surface area (Å²) in [5, 5.41) is 21.9. The third kappa shape index (κ3) is 3.98. The molecule has 0 spiro atoms. The van der Waals surface area contributed by atoms with E-state index in [4.69, 9.17) is 17.4 Å². The lowest BCUT2D eigenvalue weighted by Crippen LogP contribution is -2.55. The highest BCUT2D eigenvalue weighted by Crippen LogP contribution is 2.39. The zero-order chi connectivity index (χ0) is 23.9. The molecule has 33 heavy (non-hydrogen) atoms. The number of benzene rings is 1. The predicted molar refractivity (Wildman–Crippen MR) is 116 cm³/mol. The number of tetrazole rings is 1. The quantitative estimate of drug-likeness (QED) is 0.299. The van der Waals surface area contributed by atoms with Crippen molar-refractivity contribution in [2.45, 2.75) is 15.3 Å². The van der Waals surface area contributed by atoms with E-state index in [1.807, 2.05) is 0 Å². The van der Waals surface area contributed by atoms with Gasteiger partial charge < -0.3 is 15.9 Å². The molecule has 1 aliphatic heterocycles. The fraction of sp³-hybridized carbons (Fsp3) is 0.278. The maximum absolute atomic E-state index is 12.8. The highest BCUT2D eigenvalue weighted by Gasteiger charge is 2.47. The Hall–Kier alpha value is -3.29. The Kier molecular flexibility index (Phi) is 5.72. The van der Waals surface area contributed by atoms with E-state index in [-0.39, 0.29) is 23.5 Å². The second-order valence-electron chi connectivity index (χ2n) is 7.38. The molecule has 0 aliphatic carbocycles. The van der Waals surface area contributed by atoms with Crippen LogP contribution in [0.15, 0.2) is 40.3 Å². The minimum absolute atomic E-state index is 0.135. The number of hydrogen-bond acceptors (Lipinski definition) is 10. The fourth-order valence-electron chi connectivity index (χ4n) is 3.59. The van der Waals surface area contributed by atoms with Crippen molar-refractivity contribution in [1.29, 1.82) is 0 Å². The Bertz CT molecular complexity index is 1440. The van der Waals surface area contributed by atoms with E-state index in [0.29, 0.717) is 24.3 Å². The Labute approximate surface area is 189 Å². The molecule has 0 atom stereocenters. The number of nitrogens with two attached hydrogens (primary N) is 2.